The molecule has 1 saturated heterocycles. The van der Waals surface area contributed by atoms with Crippen LogP contribution < -0.4 is 5.32 Å². The Hall–Kier alpha value is -1.62. The van der Waals surface area contributed by atoms with Gasteiger partial charge in [0, 0.05) is 12.7 Å². The van der Waals surface area contributed by atoms with Crippen molar-refractivity contribution in [3.63, 3.8) is 0 Å². The van der Waals surface area contributed by atoms with Gasteiger partial charge in [-0.05, 0) is 76.4 Å². The summed E-state index contributed by atoms with van der Waals surface area (Å²) in [6, 6.07) is -0.0318. The SMILES string of the molecule is C[C@@H](C(=O)NCCC1=CCCCC1)N1CCC(c2cn[nH]c2)CC1. The molecule has 1 aliphatic heterocycles. The van der Waals surface area contributed by atoms with Crippen molar-refractivity contribution in [3.05, 3.63) is 29.6 Å². The molecule has 5 nitrogen and oxygen atoms in total. The standard InChI is InChI=1S/C19H30N4O/c1-15(19(24)20-10-7-16-5-3-2-4-6-16)23-11-8-17(9-12-23)18-13-21-22-14-18/h5,13-15,17H,2-4,6-12H2,1H3,(H,20,24)(H,21,22)/t15-/m0/s1. The number of aromatic amines is 1. The molecule has 3 rings (SSSR count). The minimum atomic E-state index is -0.0318. The molecule has 2 heterocycles. The van der Waals surface area contributed by atoms with Gasteiger partial charge in [-0.3, -0.25) is 14.8 Å². The summed E-state index contributed by atoms with van der Waals surface area (Å²) < 4.78 is 0. The van der Waals surface area contributed by atoms with Crippen LogP contribution >= 0.6 is 0 Å². The zero-order chi connectivity index (χ0) is 16.8. The van der Waals surface area contributed by atoms with Crippen LogP contribution in [-0.4, -0.2) is 46.7 Å². The van der Waals surface area contributed by atoms with Crippen molar-refractivity contribution in [2.45, 2.75) is 63.8 Å². The van der Waals surface area contributed by atoms with Gasteiger partial charge in [-0.1, -0.05) is 11.6 Å². The maximum absolute atomic E-state index is 12.4. The second-order valence-corrected chi connectivity index (χ2v) is 7.17. The molecule has 1 amide bonds. The van der Waals surface area contributed by atoms with Crippen LogP contribution in [0.5, 0.6) is 0 Å². The number of carbonyl (C=O) groups is 1. The number of likely N-dealkylation sites (tertiary alicyclic amines) is 1. The number of piperidine rings is 1. The summed E-state index contributed by atoms with van der Waals surface area (Å²) in [5.41, 5.74) is 2.82. The second-order valence-electron chi connectivity index (χ2n) is 7.17. The Morgan fingerprint density at radius 1 is 1.42 bits per heavy atom. The van der Waals surface area contributed by atoms with Crippen molar-refractivity contribution in [1.29, 1.82) is 0 Å². The number of carbonyl (C=O) groups excluding carboxylic acids is 1. The molecule has 0 spiro atoms. The maximum atomic E-state index is 12.4. The van der Waals surface area contributed by atoms with Crippen LogP contribution in [0.25, 0.3) is 0 Å². The predicted molar refractivity (Wildman–Crippen MR) is 95.8 cm³/mol. The Bertz CT molecular complexity index is 544. The summed E-state index contributed by atoms with van der Waals surface area (Å²) in [7, 11) is 0. The van der Waals surface area contributed by atoms with E-state index >= 15 is 0 Å². The molecule has 1 aromatic heterocycles. The fourth-order valence-corrected chi connectivity index (χ4v) is 3.90. The van der Waals surface area contributed by atoms with Crippen LogP contribution in [0, 0.1) is 0 Å². The topological polar surface area (TPSA) is 61.0 Å². The third-order valence-corrected chi connectivity index (χ3v) is 5.58. The highest BCUT2D eigenvalue weighted by Crippen LogP contribution is 2.28. The average Bonchev–Trinajstić information content (AvgIpc) is 3.17. The molecular weight excluding hydrogens is 300 g/mol. The molecule has 1 aromatic rings. The number of aromatic nitrogens is 2. The molecule has 1 fully saturated rings. The highest BCUT2D eigenvalue weighted by atomic mass is 16.2. The highest BCUT2D eigenvalue weighted by Gasteiger charge is 2.27. The zero-order valence-electron chi connectivity index (χ0n) is 14.8. The number of rotatable bonds is 6. The lowest BCUT2D eigenvalue weighted by Crippen LogP contribution is -2.48. The van der Waals surface area contributed by atoms with Gasteiger partial charge in [0.1, 0.15) is 0 Å². The van der Waals surface area contributed by atoms with Crippen molar-refractivity contribution in [2.75, 3.05) is 19.6 Å². The van der Waals surface area contributed by atoms with Crippen LogP contribution in [-0.2, 0) is 4.79 Å². The van der Waals surface area contributed by atoms with Gasteiger partial charge in [0.05, 0.1) is 12.2 Å². The van der Waals surface area contributed by atoms with Gasteiger partial charge in [-0.25, -0.2) is 0 Å². The monoisotopic (exact) mass is 330 g/mol. The maximum Gasteiger partial charge on any atom is 0.237 e. The van der Waals surface area contributed by atoms with E-state index in [0.29, 0.717) is 5.92 Å². The van der Waals surface area contributed by atoms with Crippen LogP contribution in [0.3, 0.4) is 0 Å². The van der Waals surface area contributed by atoms with E-state index in [2.05, 4.69) is 26.5 Å². The fourth-order valence-electron chi connectivity index (χ4n) is 3.90. The van der Waals surface area contributed by atoms with Crippen LogP contribution in [0.15, 0.2) is 24.0 Å². The number of nitrogens with zero attached hydrogens (tertiary/aromatic N) is 2. The van der Waals surface area contributed by atoms with Gasteiger partial charge >= 0.3 is 0 Å². The normalized spacial score (nSPS) is 21.3. The predicted octanol–water partition coefficient (Wildman–Crippen LogP) is 2.98. The Labute approximate surface area is 144 Å². The summed E-state index contributed by atoms with van der Waals surface area (Å²) in [5, 5.41) is 10.1. The van der Waals surface area contributed by atoms with Crippen LogP contribution in [0.4, 0.5) is 0 Å². The van der Waals surface area contributed by atoms with E-state index in [9.17, 15) is 4.79 Å². The van der Waals surface area contributed by atoms with E-state index in [0.717, 1.165) is 38.9 Å². The summed E-state index contributed by atoms with van der Waals surface area (Å²) >= 11 is 0. The van der Waals surface area contributed by atoms with Gasteiger partial charge in [0.2, 0.25) is 5.91 Å². The van der Waals surface area contributed by atoms with E-state index in [1.807, 2.05) is 19.3 Å². The molecule has 0 unspecified atom stereocenters. The number of hydrogen-bond donors (Lipinski definition) is 2. The van der Waals surface area contributed by atoms with Gasteiger partial charge in [-0.15, -0.1) is 0 Å². The molecular formula is C19H30N4O. The molecule has 2 aliphatic rings. The van der Waals surface area contributed by atoms with Gasteiger partial charge in [-0.2, -0.15) is 5.10 Å². The molecule has 0 saturated carbocycles. The zero-order valence-corrected chi connectivity index (χ0v) is 14.8. The number of hydrogen-bond acceptors (Lipinski definition) is 3. The van der Waals surface area contributed by atoms with Crippen molar-refractivity contribution >= 4 is 5.91 Å². The van der Waals surface area contributed by atoms with Crippen molar-refractivity contribution in [2.24, 2.45) is 0 Å². The van der Waals surface area contributed by atoms with Gasteiger partial charge in [0.15, 0.2) is 0 Å². The Balaban J connectivity index is 1.38. The molecule has 2 N–H and O–H groups in total. The van der Waals surface area contributed by atoms with Gasteiger partial charge in [0.25, 0.3) is 0 Å². The molecule has 132 valence electrons. The largest absolute Gasteiger partial charge is 0.354 e. The summed E-state index contributed by atoms with van der Waals surface area (Å²) in [6.45, 7) is 4.78. The summed E-state index contributed by atoms with van der Waals surface area (Å²) in [4.78, 5) is 14.7. The number of nitrogens with one attached hydrogen (secondary N) is 2. The van der Waals surface area contributed by atoms with E-state index in [4.69, 9.17) is 0 Å². The highest BCUT2D eigenvalue weighted by molar-refractivity contribution is 5.81. The molecule has 0 aromatic carbocycles. The third-order valence-electron chi connectivity index (χ3n) is 5.58. The molecule has 0 radical (unpaired) electrons. The summed E-state index contributed by atoms with van der Waals surface area (Å²) in [6.07, 6.45) is 14.6. The Kier molecular flexibility index (Phi) is 6.07. The first-order valence-corrected chi connectivity index (χ1v) is 9.42. The smallest absolute Gasteiger partial charge is 0.237 e. The summed E-state index contributed by atoms with van der Waals surface area (Å²) in [5.74, 6) is 0.752. The first-order chi connectivity index (χ1) is 11.7. The van der Waals surface area contributed by atoms with Crippen molar-refractivity contribution in [1.82, 2.24) is 20.4 Å². The third kappa shape index (κ3) is 4.47. The van der Waals surface area contributed by atoms with E-state index < -0.39 is 0 Å². The first-order valence-electron chi connectivity index (χ1n) is 9.42. The van der Waals surface area contributed by atoms with E-state index in [1.54, 1.807) is 0 Å². The molecule has 0 bridgehead atoms. The van der Waals surface area contributed by atoms with Crippen molar-refractivity contribution in [3.8, 4) is 0 Å². The first kappa shape index (κ1) is 17.2. The second kappa shape index (κ2) is 8.47. The van der Waals surface area contributed by atoms with Crippen molar-refractivity contribution < 1.29 is 4.79 Å². The minimum Gasteiger partial charge on any atom is -0.354 e. The van der Waals surface area contributed by atoms with Gasteiger partial charge < -0.3 is 5.32 Å². The lowest BCUT2D eigenvalue weighted by Gasteiger charge is -2.35. The number of H-pyrrole nitrogens is 1. The van der Waals surface area contributed by atoms with Crippen LogP contribution in [0.2, 0.25) is 0 Å². The number of amides is 1. The fraction of sp³-hybridized carbons (Fsp3) is 0.684. The lowest BCUT2D eigenvalue weighted by molar-refractivity contribution is -0.126. The molecule has 1 atom stereocenters. The van der Waals surface area contributed by atoms with E-state index in [1.165, 1.54) is 36.8 Å². The van der Waals surface area contributed by atoms with E-state index in [-0.39, 0.29) is 11.9 Å². The minimum absolute atomic E-state index is 0.0318. The Morgan fingerprint density at radius 2 is 2.25 bits per heavy atom. The molecule has 1 aliphatic carbocycles. The average molecular weight is 330 g/mol. The van der Waals surface area contributed by atoms with Crippen LogP contribution in [0.1, 0.15) is 63.4 Å². The number of allylic oxidation sites excluding steroid dienone is 1. The quantitative estimate of drug-likeness (QED) is 0.788. The molecule has 24 heavy (non-hydrogen) atoms. The molecule has 5 heteroatoms. The Morgan fingerprint density at radius 3 is 2.92 bits per heavy atom. The lowest BCUT2D eigenvalue weighted by atomic mass is 9.91.